The molecule has 0 aliphatic rings. The van der Waals surface area contributed by atoms with Gasteiger partial charge in [-0.05, 0) is 12.5 Å². The van der Waals surface area contributed by atoms with Crippen LogP contribution < -0.4 is 10.6 Å². The fourth-order valence-electron chi connectivity index (χ4n) is 2.45. The normalized spacial score (nSPS) is 12.2. The van der Waals surface area contributed by atoms with Crippen molar-refractivity contribution < 1.29 is 9.18 Å². The maximum atomic E-state index is 14.1. The molecular formula is C16H16ClFN6O. The molecule has 25 heavy (non-hydrogen) atoms. The minimum Gasteiger partial charge on any atom is -0.357 e. The highest BCUT2D eigenvalue weighted by Crippen LogP contribution is 2.28. The van der Waals surface area contributed by atoms with E-state index in [0.717, 1.165) is 11.6 Å². The number of halogens is 2. The Morgan fingerprint density at radius 3 is 2.92 bits per heavy atom. The number of aromatic nitrogens is 4. The van der Waals surface area contributed by atoms with Crippen molar-refractivity contribution in [2.45, 2.75) is 19.4 Å². The SMILES string of the molecule is CC[C@H](Nc1nc(-c2c[nH]c3ncc(Cl)cc23)ncc1F)C(=O)NC. The van der Waals surface area contributed by atoms with E-state index in [4.69, 9.17) is 11.6 Å². The van der Waals surface area contributed by atoms with E-state index in [9.17, 15) is 9.18 Å². The number of carbonyl (C=O) groups is 1. The first kappa shape index (κ1) is 17.1. The second-order valence-electron chi connectivity index (χ2n) is 5.36. The highest BCUT2D eigenvalue weighted by Gasteiger charge is 2.19. The van der Waals surface area contributed by atoms with Gasteiger partial charge in [-0.1, -0.05) is 18.5 Å². The van der Waals surface area contributed by atoms with Gasteiger partial charge in [0.2, 0.25) is 5.91 Å². The molecule has 0 bridgehead atoms. The molecule has 130 valence electrons. The summed E-state index contributed by atoms with van der Waals surface area (Å²) in [5.74, 6) is -0.622. The van der Waals surface area contributed by atoms with Gasteiger partial charge in [-0.2, -0.15) is 0 Å². The third-order valence-corrected chi connectivity index (χ3v) is 3.97. The van der Waals surface area contributed by atoms with Gasteiger partial charge in [0.15, 0.2) is 17.5 Å². The van der Waals surface area contributed by atoms with Crippen molar-refractivity contribution in [3.05, 3.63) is 35.5 Å². The number of carbonyl (C=O) groups excluding carboxylic acids is 1. The van der Waals surface area contributed by atoms with Gasteiger partial charge in [0.05, 0.1) is 11.2 Å². The summed E-state index contributed by atoms with van der Waals surface area (Å²) in [4.78, 5) is 27.3. The highest BCUT2D eigenvalue weighted by molar-refractivity contribution is 6.31. The average Bonchev–Trinajstić information content (AvgIpc) is 3.03. The Labute approximate surface area is 148 Å². The van der Waals surface area contributed by atoms with E-state index in [-0.39, 0.29) is 11.7 Å². The molecule has 3 aromatic heterocycles. The Kier molecular flexibility index (Phi) is 4.80. The molecule has 0 radical (unpaired) electrons. The van der Waals surface area contributed by atoms with Crippen LogP contribution in [-0.2, 0) is 4.79 Å². The molecule has 3 rings (SSSR count). The Bertz CT molecular complexity index is 928. The first-order valence-electron chi connectivity index (χ1n) is 7.67. The Hall–Kier alpha value is -2.74. The maximum absolute atomic E-state index is 14.1. The lowest BCUT2D eigenvalue weighted by Crippen LogP contribution is -2.37. The second-order valence-corrected chi connectivity index (χ2v) is 5.80. The number of nitrogens with one attached hydrogen (secondary N) is 3. The predicted octanol–water partition coefficient (Wildman–Crippen LogP) is 2.75. The van der Waals surface area contributed by atoms with Crippen molar-refractivity contribution >= 4 is 34.4 Å². The predicted molar refractivity (Wildman–Crippen MR) is 93.9 cm³/mol. The summed E-state index contributed by atoms with van der Waals surface area (Å²) < 4.78 is 14.1. The van der Waals surface area contributed by atoms with Crippen LogP contribution in [0.2, 0.25) is 5.02 Å². The molecule has 1 amide bonds. The van der Waals surface area contributed by atoms with Gasteiger partial charge in [0, 0.05) is 30.4 Å². The number of aromatic amines is 1. The van der Waals surface area contributed by atoms with Crippen molar-refractivity contribution in [2.24, 2.45) is 0 Å². The van der Waals surface area contributed by atoms with Crippen LogP contribution in [-0.4, -0.2) is 38.9 Å². The molecule has 7 nitrogen and oxygen atoms in total. The quantitative estimate of drug-likeness (QED) is 0.648. The van der Waals surface area contributed by atoms with Crippen LogP contribution in [0.4, 0.5) is 10.2 Å². The number of rotatable bonds is 5. The molecule has 0 saturated heterocycles. The zero-order chi connectivity index (χ0) is 18.0. The maximum Gasteiger partial charge on any atom is 0.242 e. The largest absolute Gasteiger partial charge is 0.357 e. The van der Waals surface area contributed by atoms with Crippen LogP contribution in [0.3, 0.4) is 0 Å². The number of nitrogens with zero attached hydrogens (tertiary/aromatic N) is 3. The number of likely N-dealkylation sites (N-methyl/N-ethyl adjacent to an activating group) is 1. The number of hydrogen-bond acceptors (Lipinski definition) is 5. The van der Waals surface area contributed by atoms with Crippen LogP contribution in [0.25, 0.3) is 22.4 Å². The first-order valence-corrected chi connectivity index (χ1v) is 8.05. The van der Waals surface area contributed by atoms with Gasteiger partial charge in [0.1, 0.15) is 11.7 Å². The molecule has 3 aromatic rings. The van der Waals surface area contributed by atoms with Gasteiger partial charge in [-0.25, -0.2) is 19.3 Å². The topological polar surface area (TPSA) is 95.6 Å². The fourth-order valence-corrected chi connectivity index (χ4v) is 2.61. The second kappa shape index (κ2) is 7.02. The van der Waals surface area contributed by atoms with Gasteiger partial charge in [-0.15, -0.1) is 0 Å². The lowest BCUT2D eigenvalue weighted by molar-refractivity contribution is -0.121. The van der Waals surface area contributed by atoms with Gasteiger partial charge in [0.25, 0.3) is 0 Å². The smallest absolute Gasteiger partial charge is 0.242 e. The summed E-state index contributed by atoms with van der Waals surface area (Å²) in [6, 6.07) is 1.14. The number of fused-ring (bicyclic) bond motifs is 1. The summed E-state index contributed by atoms with van der Waals surface area (Å²) in [6.07, 6.45) is 4.75. The van der Waals surface area contributed by atoms with E-state index in [1.807, 2.05) is 6.92 Å². The minimum atomic E-state index is -0.637. The zero-order valence-corrected chi connectivity index (χ0v) is 14.4. The van der Waals surface area contributed by atoms with Crippen molar-refractivity contribution in [2.75, 3.05) is 12.4 Å². The standard InChI is InChI=1S/C16H16ClFN6O/c1-3-12(16(25)19-2)23-15-11(18)7-22-14(24-15)10-6-21-13-9(10)4-8(17)5-20-13/h4-7,12H,3H2,1-2H3,(H,19,25)(H,20,21)(H,22,23,24)/t12-/m0/s1. The Balaban J connectivity index is 2.01. The van der Waals surface area contributed by atoms with E-state index in [0.29, 0.717) is 28.5 Å². The Morgan fingerprint density at radius 1 is 1.40 bits per heavy atom. The van der Waals surface area contributed by atoms with Crippen molar-refractivity contribution in [1.29, 1.82) is 0 Å². The van der Waals surface area contributed by atoms with Crippen LogP contribution in [0.1, 0.15) is 13.3 Å². The zero-order valence-electron chi connectivity index (χ0n) is 13.6. The molecule has 0 spiro atoms. The van der Waals surface area contributed by atoms with Gasteiger partial charge in [-0.3, -0.25) is 4.79 Å². The molecular weight excluding hydrogens is 347 g/mol. The fraction of sp³-hybridized carbons (Fsp3) is 0.250. The molecule has 1 atom stereocenters. The number of hydrogen-bond donors (Lipinski definition) is 3. The van der Waals surface area contributed by atoms with E-state index >= 15 is 0 Å². The van der Waals surface area contributed by atoms with Gasteiger partial charge < -0.3 is 15.6 Å². The van der Waals surface area contributed by atoms with Crippen molar-refractivity contribution in [3.8, 4) is 11.4 Å². The third-order valence-electron chi connectivity index (χ3n) is 3.76. The number of pyridine rings is 1. The van der Waals surface area contributed by atoms with Crippen LogP contribution in [0.15, 0.2) is 24.7 Å². The third kappa shape index (κ3) is 3.39. The summed E-state index contributed by atoms with van der Waals surface area (Å²) in [7, 11) is 1.52. The van der Waals surface area contributed by atoms with Crippen molar-refractivity contribution in [1.82, 2.24) is 25.3 Å². The first-order chi connectivity index (χ1) is 12.0. The highest BCUT2D eigenvalue weighted by atomic mass is 35.5. The van der Waals surface area contributed by atoms with E-state index in [2.05, 4.69) is 30.6 Å². The molecule has 0 aromatic carbocycles. The molecule has 0 fully saturated rings. The average molecular weight is 363 g/mol. The molecule has 0 unspecified atom stereocenters. The van der Waals surface area contributed by atoms with Crippen LogP contribution in [0.5, 0.6) is 0 Å². The van der Waals surface area contributed by atoms with E-state index in [1.165, 1.54) is 13.2 Å². The lowest BCUT2D eigenvalue weighted by Gasteiger charge is -2.16. The lowest BCUT2D eigenvalue weighted by atomic mass is 10.2. The number of anilines is 1. The van der Waals surface area contributed by atoms with E-state index < -0.39 is 11.9 Å². The number of H-pyrrole nitrogens is 1. The van der Waals surface area contributed by atoms with Crippen molar-refractivity contribution in [3.63, 3.8) is 0 Å². The number of amides is 1. The van der Waals surface area contributed by atoms with E-state index in [1.54, 1.807) is 12.3 Å². The summed E-state index contributed by atoms with van der Waals surface area (Å²) in [5, 5.41) is 6.55. The monoisotopic (exact) mass is 362 g/mol. The minimum absolute atomic E-state index is 0.0372. The summed E-state index contributed by atoms with van der Waals surface area (Å²) in [5.41, 5.74) is 1.26. The van der Waals surface area contributed by atoms with Gasteiger partial charge >= 0.3 is 0 Å². The van der Waals surface area contributed by atoms with Crippen LogP contribution >= 0.6 is 11.6 Å². The molecule has 3 heterocycles. The van der Waals surface area contributed by atoms with Crippen LogP contribution in [0, 0.1) is 5.82 Å². The molecule has 9 heteroatoms. The summed E-state index contributed by atoms with van der Waals surface area (Å²) >= 11 is 6.00. The Morgan fingerprint density at radius 2 is 2.20 bits per heavy atom. The summed E-state index contributed by atoms with van der Waals surface area (Å²) in [6.45, 7) is 1.82. The molecule has 0 aliphatic heterocycles. The molecule has 3 N–H and O–H groups in total. The molecule has 0 saturated carbocycles. The molecule has 0 aliphatic carbocycles.